The number of nitrogens with two attached hydrogens (primary N) is 1. The lowest BCUT2D eigenvalue weighted by atomic mass is 10.1. The van der Waals surface area contributed by atoms with Gasteiger partial charge in [-0.1, -0.05) is 31.9 Å². The van der Waals surface area contributed by atoms with Gasteiger partial charge in [-0.2, -0.15) is 5.26 Å². The van der Waals surface area contributed by atoms with E-state index in [4.69, 9.17) is 11.0 Å². The number of nitrogens with zero attached hydrogens (tertiary/aromatic N) is 2. The maximum absolute atomic E-state index is 12.0. The average molecular weight is 259 g/mol. The molecule has 0 saturated carbocycles. The molecule has 0 fully saturated rings. The highest BCUT2D eigenvalue weighted by molar-refractivity contribution is 5.81. The van der Waals surface area contributed by atoms with Gasteiger partial charge in [0.1, 0.15) is 0 Å². The summed E-state index contributed by atoms with van der Waals surface area (Å²) in [5.74, 6) is -0.0298. The van der Waals surface area contributed by atoms with E-state index in [0.717, 1.165) is 24.8 Å². The average Bonchev–Trinajstić information content (AvgIpc) is 2.44. The van der Waals surface area contributed by atoms with E-state index < -0.39 is 6.04 Å². The second-order valence-corrected chi connectivity index (χ2v) is 4.75. The SMILES string of the molecule is CCCCC(N)C(=O)N(C)Cc1ccc(C#N)cc1. The Kier molecular flexibility index (Phi) is 6.04. The van der Waals surface area contributed by atoms with Crippen molar-refractivity contribution in [2.24, 2.45) is 5.73 Å². The topological polar surface area (TPSA) is 70.1 Å². The second-order valence-electron chi connectivity index (χ2n) is 4.75. The van der Waals surface area contributed by atoms with Crippen LogP contribution in [0.4, 0.5) is 0 Å². The number of amides is 1. The van der Waals surface area contributed by atoms with E-state index in [1.54, 1.807) is 24.1 Å². The summed E-state index contributed by atoms with van der Waals surface area (Å²) >= 11 is 0. The molecule has 0 spiro atoms. The van der Waals surface area contributed by atoms with Crippen molar-refractivity contribution >= 4 is 5.91 Å². The van der Waals surface area contributed by atoms with Crippen molar-refractivity contribution in [2.75, 3.05) is 7.05 Å². The number of hydrogen-bond acceptors (Lipinski definition) is 3. The molecule has 4 nitrogen and oxygen atoms in total. The van der Waals surface area contributed by atoms with E-state index in [1.165, 1.54) is 0 Å². The largest absolute Gasteiger partial charge is 0.340 e. The molecule has 2 N–H and O–H groups in total. The zero-order valence-electron chi connectivity index (χ0n) is 11.6. The molecule has 1 rings (SSSR count). The summed E-state index contributed by atoms with van der Waals surface area (Å²) in [4.78, 5) is 13.7. The molecule has 1 aromatic carbocycles. The number of likely N-dealkylation sites (N-methyl/N-ethyl adjacent to an activating group) is 1. The molecule has 0 bridgehead atoms. The monoisotopic (exact) mass is 259 g/mol. The molecule has 0 aliphatic rings. The molecular weight excluding hydrogens is 238 g/mol. The highest BCUT2D eigenvalue weighted by atomic mass is 16.2. The molecule has 0 radical (unpaired) electrons. The van der Waals surface area contributed by atoms with Gasteiger partial charge in [0.2, 0.25) is 5.91 Å². The van der Waals surface area contributed by atoms with E-state index in [2.05, 4.69) is 13.0 Å². The Balaban J connectivity index is 2.55. The third-order valence-electron chi connectivity index (χ3n) is 3.06. The van der Waals surface area contributed by atoms with Crippen molar-refractivity contribution in [3.63, 3.8) is 0 Å². The fourth-order valence-electron chi connectivity index (χ4n) is 1.87. The minimum Gasteiger partial charge on any atom is -0.340 e. The normalized spacial score (nSPS) is 11.7. The Labute approximate surface area is 114 Å². The standard InChI is InChI=1S/C15H21N3O/c1-3-4-5-14(17)15(19)18(2)11-13-8-6-12(10-16)7-9-13/h6-9,14H,3-5,11,17H2,1-2H3. The highest BCUT2D eigenvalue weighted by Gasteiger charge is 2.17. The van der Waals surface area contributed by atoms with Crippen LogP contribution in [0.3, 0.4) is 0 Å². The van der Waals surface area contributed by atoms with Gasteiger partial charge in [0, 0.05) is 13.6 Å². The van der Waals surface area contributed by atoms with Crippen LogP contribution in [-0.2, 0) is 11.3 Å². The molecule has 0 aliphatic heterocycles. The van der Waals surface area contributed by atoms with Crippen LogP contribution in [0, 0.1) is 11.3 Å². The summed E-state index contributed by atoms with van der Waals surface area (Å²) < 4.78 is 0. The van der Waals surface area contributed by atoms with Gasteiger partial charge in [-0.15, -0.1) is 0 Å². The lowest BCUT2D eigenvalue weighted by Crippen LogP contribution is -2.41. The van der Waals surface area contributed by atoms with Crippen LogP contribution in [0.2, 0.25) is 0 Å². The number of rotatable bonds is 6. The van der Waals surface area contributed by atoms with Crippen molar-refractivity contribution in [3.8, 4) is 6.07 Å². The molecule has 0 saturated heterocycles. The first-order valence-corrected chi connectivity index (χ1v) is 6.58. The zero-order valence-corrected chi connectivity index (χ0v) is 11.6. The predicted octanol–water partition coefficient (Wildman–Crippen LogP) is 2.03. The molecule has 1 unspecified atom stereocenters. The molecular formula is C15H21N3O. The Morgan fingerprint density at radius 1 is 1.42 bits per heavy atom. The van der Waals surface area contributed by atoms with E-state index in [-0.39, 0.29) is 5.91 Å². The maximum Gasteiger partial charge on any atom is 0.239 e. The van der Waals surface area contributed by atoms with Gasteiger partial charge in [-0.25, -0.2) is 0 Å². The predicted molar refractivity (Wildman–Crippen MR) is 75.1 cm³/mol. The first-order chi connectivity index (χ1) is 9.08. The number of hydrogen-bond donors (Lipinski definition) is 1. The summed E-state index contributed by atoms with van der Waals surface area (Å²) in [5, 5.41) is 8.72. The molecule has 1 atom stereocenters. The number of carbonyl (C=O) groups is 1. The number of unbranched alkanes of at least 4 members (excludes halogenated alkanes) is 1. The molecule has 0 aromatic heterocycles. The van der Waals surface area contributed by atoms with E-state index in [9.17, 15) is 4.79 Å². The van der Waals surface area contributed by atoms with Crippen LogP contribution in [0.1, 0.15) is 37.3 Å². The van der Waals surface area contributed by atoms with Crippen LogP contribution < -0.4 is 5.73 Å². The van der Waals surface area contributed by atoms with Gasteiger partial charge in [-0.3, -0.25) is 4.79 Å². The minimum atomic E-state index is -0.414. The van der Waals surface area contributed by atoms with Crippen molar-refractivity contribution in [1.82, 2.24) is 4.90 Å². The van der Waals surface area contributed by atoms with Crippen LogP contribution in [0.15, 0.2) is 24.3 Å². The highest BCUT2D eigenvalue weighted by Crippen LogP contribution is 2.08. The first-order valence-electron chi connectivity index (χ1n) is 6.58. The molecule has 0 aliphatic carbocycles. The lowest BCUT2D eigenvalue weighted by Gasteiger charge is -2.21. The van der Waals surface area contributed by atoms with Crippen molar-refractivity contribution in [3.05, 3.63) is 35.4 Å². The Bertz CT molecular complexity index is 447. The third kappa shape index (κ3) is 4.72. The molecule has 19 heavy (non-hydrogen) atoms. The summed E-state index contributed by atoms with van der Waals surface area (Å²) in [6, 6.07) is 8.89. The maximum atomic E-state index is 12.0. The van der Waals surface area contributed by atoms with Crippen molar-refractivity contribution in [1.29, 1.82) is 5.26 Å². The molecule has 1 amide bonds. The van der Waals surface area contributed by atoms with Crippen LogP contribution in [0.5, 0.6) is 0 Å². The fourth-order valence-corrected chi connectivity index (χ4v) is 1.87. The van der Waals surface area contributed by atoms with Gasteiger partial charge in [0.05, 0.1) is 17.7 Å². The Morgan fingerprint density at radius 3 is 2.58 bits per heavy atom. The minimum absolute atomic E-state index is 0.0298. The van der Waals surface area contributed by atoms with Gasteiger partial charge in [0.25, 0.3) is 0 Å². The number of carbonyl (C=O) groups excluding carboxylic acids is 1. The molecule has 102 valence electrons. The molecule has 4 heteroatoms. The lowest BCUT2D eigenvalue weighted by molar-refractivity contribution is -0.132. The summed E-state index contributed by atoms with van der Waals surface area (Å²) in [6.07, 6.45) is 2.74. The van der Waals surface area contributed by atoms with E-state index in [0.29, 0.717) is 12.1 Å². The number of benzene rings is 1. The summed E-state index contributed by atoms with van der Waals surface area (Å²) in [5.41, 5.74) is 7.49. The molecule has 0 heterocycles. The Morgan fingerprint density at radius 2 is 2.05 bits per heavy atom. The Hall–Kier alpha value is -1.86. The summed E-state index contributed by atoms with van der Waals surface area (Å²) in [7, 11) is 1.76. The zero-order chi connectivity index (χ0) is 14.3. The molecule has 1 aromatic rings. The van der Waals surface area contributed by atoms with Crippen LogP contribution in [-0.4, -0.2) is 23.9 Å². The van der Waals surface area contributed by atoms with Crippen molar-refractivity contribution in [2.45, 2.75) is 38.8 Å². The van der Waals surface area contributed by atoms with Crippen LogP contribution >= 0.6 is 0 Å². The van der Waals surface area contributed by atoms with Gasteiger partial charge in [0.15, 0.2) is 0 Å². The summed E-state index contributed by atoms with van der Waals surface area (Å²) in [6.45, 7) is 2.60. The van der Waals surface area contributed by atoms with Crippen molar-refractivity contribution < 1.29 is 4.79 Å². The number of nitriles is 1. The third-order valence-corrected chi connectivity index (χ3v) is 3.06. The van der Waals surface area contributed by atoms with E-state index in [1.807, 2.05) is 12.1 Å². The van der Waals surface area contributed by atoms with Crippen LogP contribution in [0.25, 0.3) is 0 Å². The van der Waals surface area contributed by atoms with Gasteiger partial charge >= 0.3 is 0 Å². The second kappa shape index (κ2) is 7.55. The first kappa shape index (κ1) is 15.2. The van der Waals surface area contributed by atoms with Gasteiger partial charge in [-0.05, 0) is 24.1 Å². The van der Waals surface area contributed by atoms with Gasteiger partial charge < -0.3 is 10.6 Å². The van der Waals surface area contributed by atoms with E-state index >= 15 is 0 Å². The fraction of sp³-hybridized carbons (Fsp3) is 0.467. The smallest absolute Gasteiger partial charge is 0.239 e. The quantitative estimate of drug-likeness (QED) is 0.849.